The topological polar surface area (TPSA) is 55.3 Å². The van der Waals surface area contributed by atoms with Crippen LogP contribution >= 0.6 is 0 Å². The second kappa shape index (κ2) is 10.0. The average molecular weight is 335 g/mol. The average Bonchev–Trinajstić information content (AvgIpc) is 3.11. The van der Waals surface area contributed by atoms with Gasteiger partial charge >= 0.3 is 0 Å². The van der Waals surface area contributed by atoms with E-state index in [2.05, 4.69) is 22.3 Å². The monoisotopic (exact) mass is 335 g/mol. The van der Waals surface area contributed by atoms with Crippen molar-refractivity contribution in [2.24, 2.45) is 10.9 Å². The molecule has 1 aliphatic heterocycles. The van der Waals surface area contributed by atoms with E-state index in [0.717, 1.165) is 56.6 Å². The lowest BCUT2D eigenvalue weighted by Gasteiger charge is -2.24. The van der Waals surface area contributed by atoms with Crippen molar-refractivity contribution in [1.82, 2.24) is 10.2 Å². The summed E-state index contributed by atoms with van der Waals surface area (Å²) in [4.78, 5) is 6.51. The van der Waals surface area contributed by atoms with Crippen LogP contribution in [0, 0.1) is 5.92 Å². The maximum Gasteiger partial charge on any atom is 0.193 e. The van der Waals surface area contributed by atoms with Gasteiger partial charge in [0, 0.05) is 45.8 Å². The van der Waals surface area contributed by atoms with Crippen LogP contribution in [0.3, 0.4) is 0 Å². The van der Waals surface area contributed by atoms with Gasteiger partial charge in [0.1, 0.15) is 11.5 Å². The smallest absolute Gasteiger partial charge is 0.193 e. The summed E-state index contributed by atoms with van der Waals surface area (Å²) in [5.41, 5.74) is 0. The van der Waals surface area contributed by atoms with Crippen LogP contribution in [0.4, 0.5) is 0 Å². The van der Waals surface area contributed by atoms with Gasteiger partial charge in [-0.2, -0.15) is 0 Å². The predicted molar refractivity (Wildman–Crippen MR) is 96.0 cm³/mol. The molecule has 1 fully saturated rings. The number of rotatable bonds is 8. The zero-order chi connectivity index (χ0) is 17.2. The number of hydrogen-bond donors (Lipinski definition) is 1. The molecule has 0 aliphatic carbocycles. The summed E-state index contributed by atoms with van der Waals surface area (Å²) >= 11 is 0. The molecule has 134 valence electrons. The van der Waals surface area contributed by atoms with Crippen molar-refractivity contribution in [1.29, 1.82) is 0 Å². The molecule has 0 radical (unpaired) electrons. The Balaban J connectivity index is 1.64. The van der Waals surface area contributed by atoms with Crippen LogP contribution in [0.25, 0.3) is 0 Å². The molecule has 2 rings (SSSR count). The molecule has 6 heteroatoms. The number of hydrogen-bond acceptors (Lipinski definition) is 4. The van der Waals surface area contributed by atoms with E-state index in [4.69, 9.17) is 14.2 Å². The fourth-order valence-corrected chi connectivity index (χ4v) is 2.74. The molecule has 1 aromatic carbocycles. The predicted octanol–water partition coefficient (Wildman–Crippen LogP) is 2.01. The largest absolute Gasteiger partial charge is 0.497 e. The van der Waals surface area contributed by atoms with E-state index in [1.54, 1.807) is 7.11 Å². The SMILES string of the molecule is CN=C(NCCCOc1cccc(OC)c1)N(C)CC1CCOC1. The van der Waals surface area contributed by atoms with E-state index in [0.29, 0.717) is 12.5 Å². The molecular weight excluding hydrogens is 306 g/mol. The summed E-state index contributed by atoms with van der Waals surface area (Å²) < 4.78 is 16.4. The molecule has 1 saturated heterocycles. The minimum Gasteiger partial charge on any atom is -0.497 e. The Morgan fingerprint density at radius 3 is 2.96 bits per heavy atom. The van der Waals surface area contributed by atoms with Crippen LogP contribution in [-0.2, 0) is 4.74 Å². The number of guanidine groups is 1. The third kappa shape index (κ3) is 5.92. The van der Waals surface area contributed by atoms with Gasteiger partial charge in [0.15, 0.2) is 5.96 Å². The summed E-state index contributed by atoms with van der Waals surface area (Å²) in [5, 5.41) is 3.38. The molecule has 1 aromatic rings. The van der Waals surface area contributed by atoms with Gasteiger partial charge in [-0.15, -0.1) is 0 Å². The van der Waals surface area contributed by atoms with Gasteiger partial charge in [-0.05, 0) is 25.0 Å². The molecule has 24 heavy (non-hydrogen) atoms. The Hall–Kier alpha value is -1.95. The lowest BCUT2D eigenvalue weighted by atomic mass is 10.1. The maximum absolute atomic E-state index is 5.74. The van der Waals surface area contributed by atoms with Crippen molar-refractivity contribution in [2.45, 2.75) is 12.8 Å². The normalized spacial score (nSPS) is 17.6. The molecule has 1 aliphatic rings. The molecule has 6 nitrogen and oxygen atoms in total. The molecule has 0 aromatic heterocycles. The van der Waals surface area contributed by atoms with Crippen LogP contribution in [0.5, 0.6) is 11.5 Å². The van der Waals surface area contributed by atoms with Crippen LogP contribution < -0.4 is 14.8 Å². The standard InChI is InChI=1S/C18H29N3O3/c1-19-18(21(2)13-15-8-11-23-14-15)20-9-5-10-24-17-7-4-6-16(12-17)22-3/h4,6-7,12,15H,5,8-11,13-14H2,1-3H3,(H,19,20). The Labute approximate surface area is 144 Å². The lowest BCUT2D eigenvalue weighted by molar-refractivity contribution is 0.181. The first-order chi connectivity index (χ1) is 11.7. The zero-order valence-electron chi connectivity index (χ0n) is 15.0. The molecule has 1 N–H and O–H groups in total. The van der Waals surface area contributed by atoms with E-state index in [1.165, 1.54) is 0 Å². The third-order valence-electron chi connectivity index (χ3n) is 4.04. The number of benzene rings is 1. The quantitative estimate of drug-likeness (QED) is 0.447. The van der Waals surface area contributed by atoms with Gasteiger partial charge in [-0.25, -0.2) is 0 Å². The Morgan fingerprint density at radius 2 is 2.25 bits per heavy atom. The van der Waals surface area contributed by atoms with Crippen LogP contribution in [0.15, 0.2) is 29.3 Å². The van der Waals surface area contributed by atoms with Gasteiger partial charge in [0.2, 0.25) is 0 Å². The summed E-state index contributed by atoms with van der Waals surface area (Å²) in [6, 6.07) is 7.66. The first-order valence-electron chi connectivity index (χ1n) is 8.49. The van der Waals surface area contributed by atoms with Crippen LogP contribution in [-0.4, -0.2) is 65.0 Å². The Kier molecular flexibility index (Phi) is 7.68. The first-order valence-corrected chi connectivity index (χ1v) is 8.49. The van der Waals surface area contributed by atoms with Crippen molar-refractivity contribution < 1.29 is 14.2 Å². The van der Waals surface area contributed by atoms with E-state index < -0.39 is 0 Å². The summed E-state index contributed by atoms with van der Waals surface area (Å²) in [5.74, 6) is 3.16. The molecule has 0 saturated carbocycles. The van der Waals surface area contributed by atoms with Crippen molar-refractivity contribution >= 4 is 5.96 Å². The van der Waals surface area contributed by atoms with Gasteiger partial charge in [-0.3, -0.25) is 4.99 Å². The second-order valence-corrected chi connectivity index (χ2v) is 5.97. The fraction of sp³-hybridized carbons (Fsp3) is 0.611. The van der Waals surface area contributed by atoms with Gasteiger partial charge in [-0.1, -0.05) is 6.07 Å². The van der Waals surface area contributed by atoms with Crippen molar-refractivity contribution in [3.63, 3.8) is 0 Å². The van der Waals surface area contributed by atoms with Gasteiger partial charge in [0.25, 0.3) is 0 Å². The van der Waals surface area contributed by atoms with Gasteiger partial charge < -0.3 is 24.4 Å². The highest BCUT2D eigenvalue weighted by Gasteiger charge is 2.18. The first kappa shape index (κ1) is 18.4. The molecule has 0 amide bonds. The highest BCUT2D eigenvalue weighted by Crippen LogP contribution is 2.18. The molecule has 0 spiro atoms. The van der Waals surface area contributed by atoms with Crippen LogP contribution in [0.1, 0.15) is 12.8 Å². The molecule has 1 unspecified atom stereocenters. The van der Waals surface area contributed by atoms with Crippen LogP contribution in [0.2, 0.25) is 0 Å². The number of aliphatic imine (C=N–C) groups is 1. The molecule has 1 heterocycles. The number of nitrogens with zero attached hydrogens (tertiary/aromatic N) is 2. The van der Waals surface area contributed by atoms with E-state index >= 15 is 0 Å². The number of nitrogens with one attached hydrogen (secondary N) is 1. The fourth-order valence-electron chi connectivity index (χ4n) is 2.74. The minimum absolute atomic E-state index is 0.602. The Morgan fingerprint density at radius 1 is 1.42 bits per heavy atom. The summed E-state index contributed by atoms with van der Waals surface area (Å²) in [6.07, 6.45) is 2.03. The van der Waals surface area contributed by atoms with E-state index in [9.17, 15) is 0 Å². The zero-order valence-corrected chi connectivity index (χ0v) is 15.0. The second-order valence-electron chi connectivity index (χ2n) is 5.97. The molecule has 0 bridgehead atoms. The minimum atomic E-state index is 0.602. The highest BCUT2D eigenvalue weighted by molar-refractivity contribution is 5.79. The van der Waals surface area contributed by atoms with Crippen molar-refractivity contribution in [3.8, 4) is 11.5 Å². The number of ether oxygens (including phenoxy) is 3. The number of methoxy groups -OCH3 is 1. The molecule has 1 atom stereocenters. The van der Waals surface area contributed by atoms with E-state index in [1.807, 2.05) is 31.3 Å². The van der Waals surface area contributed by atoms with E-state index in [-0.39, 0.29) is 0 Å². The third-order valence-corrected chi connectivity index (χ3v) is 4.04. The summed E-state index contributed by atoms with van der Waals surface area (Å²) in [6.45, 7) is 4.18. The maximum atomic E-state index is 5.74. The lowest BCUT2D eigenvalue weighted by Crippen LogP contribution is -2.42. The highest BCUT2D eigenvalue weighted by atomic mass is 16.5. The summed E-state index contributed by atoms with van der Waals surface area (Å²) in [7, 11) is 5.54. The van der Waals surface area contributed by atoms with Crippen molar-refractivity contribution in [3.05, 3.63) is 24.3 Å². The van der Waals surface area contributed by atoms with Crippen molar-refractivity contribution in [2.75, 3.05) is 54.1 Å². The van der Waals surface area contributed by atoms with Gasteiger partial charge in [0.05, 0.1) is 20.3 Å². The molecular formula is C18H29N3O3. The Bertz CT molecular complexity index is 516.